The second-order valence-electron chi connectivity index (χ2n) is 6.77. The van der Waals surface area contributed by atoms with Crippen LogP contribution in [0.3, 0.4) is 0 Å². The summed E-state index contributed by atoms with van der Waals surface area (Å²) in [4.78, 5) is 24.1. The fourth-order valence-electron chi connectivity index (χ4n) is 2.15. The molecule has 2 N–H and O–H groups in total. The van der Waals surface area contributed by atoms with Gasteiger partial charge in [-0.1, -0.05) is 57.2 Å². The molecular weight excluding hydrogens is 336 g/mol. The lowest BCUT2D eigenvalue weighted by Gasteiger charge is -2.12. The summed E-state index contributed by atoms with van der Waals surface area (Å²) in [6.45, 7) is 8.15. The number of benzene rings is 1. The molecule has 6 nitrogen and oxygen atoms in total. The summed E-state index contributed by atoms with van der Waals surface area (Å²) >= 11 is 1.36. The smallest absolute Gasteiger partial charge is 0.226 e. The van der Waals surface area contributed by atoms with Crippen LogP contribution in [0, 0.1) is 0 Å². The quantitative estimate of drug-likeness (QED) is 0.821. The molecule has 2 amide bonds. The van der Waals surface area contributed by atoms with Gasteiger partial charge in [-0.25, -0.2) is 0 Å². The summed E-state index contributed by atoms with van der Waals surface area (Å²) in [5.74, 6) is -0.417. The topological polar surface area (TPSA) is 84.0 Å². The number of para-hydroxylation sites is 1. The lowest BCUT2D eigenvalue weighted by molar-refractivity contribution is -0.121. The van der Waals surface area contributed by atoms with E-state index >= 15 is 0 Å². The van der Waals surface area contributed by atoms with E-state index in [0.717, 1.165) is 22.7 Å². The van der Waals surface area contributed by atoms with E-state index in [1.54, 1.807) is 0 Å². The molecule has 1 aromatic heterocycles. The molecule has 2 aromatic rings. The minimum Gasteiger partial charge on any atom is -0.326 e. The summed E-state index contributed by atoms with van der Waals surface area (Å²) < 4.78 is 0. The first-order chi connectivity index (χ1) is 11.8. The third kappa shape index (κ3) is 5.63. The van der Waals surface area contributed by atoms with E-state index in [0.29, 0.717) is 5.13 Å². The predicted molar refractivity (Wildman–Crippen MR) is 101 cm³/mol. The van der Waals surface area contributed by atoms with E-state index in [1.165, 1.54) is 11.3 Å². The van der Waals surface area contributed by atoms with Gasteiger partial charge in [0, 0.05) is 23.9 Å². The first-order valence-electron chi connectivity index (χ1n) is 8.31. The molecule has 0 aliphatic carbocycles. The number of hydrogen-bond acceptors (Lipinski definition) is 5. The van der Waals surface area contributed by atoms with Crippen LogP contribution in [0.5, 0.6) is 0 Å². The van der Waals surface area contributed by atoms with Gasteiger partial charge in [-0.05, 0) is 18.1 Å². The molecule has 0 saturated heterocycles. The number of carbonyl (C=O) groups is 2. The average Bonchev–Trinajstić information content (AvgIpc) is 3.02. The van der Waals surface area contributed by atoms with Crippen LogP contribution >= 0.6 is 11.3 Å². The maximum absolute atomic E-state index is 12.1. The Hall–Kier alpha value is -2.28. The Morgan fingerprint density at radius 1 is 1.04 bits per heavy atom. The number of nitrogens with one attached hydrogen (secondary N) is 2. The highest BCUT2D eigenvalue weighted by Crippen LogP contribution is 2.27. The fourth-order valence-corrected chi connectivity index (χ4v) is 2.97. The van der Waals surface area contributed by atoms with Crippen LogP contribution in [-0.4, -0.2) is 22.0 Å². The Balaban J connectivity index is 1.83. The SMILES string of the molecule is CCc1ccccc1NC(=O)CCC(=O)Nc1nnc(C(C)(C)C)s1. The first kappa shape index (κ1) is 19.1. The van der Waals surface area contributed by atoms with Gasteiger partial charge in [0.05, 0.1) is 0 Å². The summed E-state index contributed by atoms with van der Waals surface area (Å²) in [5, 5.41) is 14.9. The van der Waals surface area contributed by atoms with Gasteiger partial charge in [-0.3, -0.25) is 9.59 Å². The number of rotatable bonds is 6. The molecule has 1 aromatic carbocycles. The highest BCUT2D eigenvalue weighted by atomic mass is 32.1. The Bertz CT molecular complexity index is 750. The van der Waals surface area contributed by atoms with Gasteiger partial charge in [-0.2, -0.15) is 0 Å². The van der Waals surface area contributed by atoms with Crippen molar-refractivity contribution in [2.24, 2.45) is 0 Å². The van der Waals surface area contributed by atoms with Crippen molar-refractivity contribution in [2.75, 3.05) is 10.6 Å². The molecule has 0 unspecified atom stereocenters. The van der Waals surface area contributed by atoms with E-state index in [2.05, 4.69) is 20.8 Å². The van der Waals surface area contributed by atoms with Crippen LogP contribution in [0.4, 0.5) is 10.8 Å². The minimum atomic E-state index is -0.240. The molecule has 2 rings (SSSR count). The summed E-state index contributed by atoms with van der Waals surface area (Å²) in [6, 6.07) is 7.66. The van der Waals surface area contributed by atoms with Crippen molar-refractivity contribution >= 4 is 34.0 Å². The largest absolute Gasteiger partial charge is 0.326 e. The van der Waals surface area contributed by atoms with Crippen LogP contribution in [-0.2, 0) is 21.4 Å². The molecular formula is C18H24N4O2S. The van der Waals surface area contributed by atoms with Gasteiger partial charge in [-0.15, -0.1) is 10.2 Å². The van der Waals surface area contributed by atoms with Crippen molar-refractivity contribution in [2.45, 2.75) is 52.4 Å². The van der Waals surface area contributed by atoms with Crippen molar-refractivity contribution in [1.29, 1.82) is 0 Å². The number of nitrogens with zero attached hydrogens (tertiary/aromatic N) is 2. The molecule has 0 radical (unpaired) electrons. The number of anilines is 2. The van der Waals surface area contributed by atoms with Crippen LogP contribution in [0.15, 0.2) is 24.3 Å². The lowest BCUT2D eigenvalue weighted by Crippen LogP contribution is -2.17. The van der Waals surface area contributed by atoms with Crippen molar-refractivity contribution in [1.82, 2.24) is 10.2 Å². The van der Waals surface area contributed by atoms with Gasteiger partial charge < -0.3 is 10.6 Å². The maximum atomic E-state index is 12.1. The molecule has 7 heteroatoms. The number of hydrogen-bond donors (Lipinski definition) is 2. The van der Waals surface area contributed by atoms with Gasteiger partial charge in [0.2, 0.25) is 16.9 Å². The number of amides is 2. The molecule has 0 atom stereocenters. The standard InChI is InChI=1S/C18H24N4O2S/c1-5-12-8-6-7-9-13(12)19-14(23)10-11-15(24)20-17-22-21-16(25-17)18(2,3)4/h6-9H,5,10-11H2,1-4H3,(H,19,23)(H,20,22,24). The highest BCUT2D eigenvalue weighted by Gasteiger charge is 2.20. The van der Waals surface area contributed by atoms with Gasteiger partial charge >= 0.3 is 0 Å². The summed E-state index contributed by atoms with van der Waals surface area (Å²) in [5.41, 5.74) is 1.77. The van der Waals surface area contributed by atoms with Gasteiger partial charge in [0.1, 0.15) is 5.01 Å². The molecule has 0 aliphatic heterocycles. The van der Waals surface area contributed by atoms with Gasteiger partial charge in [0.25, 0.3) is 0 Å². The predicted octanol–water partition coefficient (Wildman–Crippen LogP) is 3.76. The highest BCUT2D eigenvalue weighted by molar-refractivity contribution is 7.15. The Morgan fingerprint density at radius 3 is 2.28 bits per heavy atom. The molecule has 0 fully saturated rings. The monoisotopic (exact) mass is 360 g/mol. The molecule has 134 valence electrons. The molecule has 0 spiro atoms. The van der Waals surface area contributed by atoms with E-state index < -0.39 is 0 Å². The second kappa shape index (κ2) is 8.20. The van der Waals surface area contributed by atoms with E-state index in [9.17, 15) is 9.59 Å². The van der Waals surface area contributed by atoms with Crippen molar-refractivity contribution in [3.63, 3.8) is 0 Å². The van der Waals surface area contributed by atoms with Crippen LogP contribution in [0.2, 0.25) is 0 Å². The third-order valence-corrected chi connectivity index (χ3v) is 4.83. The summed E-state index contributed by atoms with van der Waals surface area (Å²) in [7, 11) is 0. The molecule has 25 heavy (non-hydrogen) atoms. The van der Waals surface area contributed by atoms with E-state index in [1.807, 2.05) is 52.0 Å². The zero-order chi connectivity index (χ0) is 18.4. The van der Waals surface area contributed by atoms with Crippen LogP contribution in [0.1, 0.15) is 51.1 Å². The van der Waals surface area contributed by atoms with Crippen LogP contribution < -0.4 is 10.6 Å². The first-order valence-corrected chi connectivity index (χ1v) is 9.13. The average molecular weight is 360 g/mol. The number of aryl methyl sites for hydroxylation is 1. The zero-order valence-corrected chi connectivity index (χ0v) is 15.9. The minimum absolute atomic E-state index is 0.102. The molecule has 1 heterocycles. The van der Waals surface area contributed by atoms with Gasteiger partial charge in [0.15, 0.2) is 0 Å². The summed E-state index contributed by atoms with van der Waals surface area (Å²) in [6.07, 6.45) is 1.06. The lowest BCUT2D eigenvalue weighted by atomic mass is 9.98. The fraction of sp³-hybridized carbons (Fsp3) is 0.444. The van der Waals surface area contributed by atoms with Crippen molar-refractivity contribution in [3.05, 3.63) is 34.8 Å². The molecule has 0 aliphatic rings. The maximum Gasteiger partial charge on any atom is 0.226 e. The Morgan fingerprint density at radius 2 is 1.68 bits per heavy atom. The zero-order valence-electron chi connectivity index (χ0n) is 15.0. The van der Waals surface area contributed by atoms with Crippen molar-refractivity contribution in [3.8, 4) is 0 Å². The second-order valence-corrected chi connectivity index (χ2v) is 7.75. The van der Waals surface area contributed by atoms with E-state index in [4.69, 9.17) is 0 Å². The molecule has 0 bridgehead atoms. The van der Waals surface area contributed by atoms with E-state index in [-0.39, 0.29) is 30.1 Å². The third-order valence-electron chi connectivity index (χ3n) is 3.56. The van der Waals surface area contributed by atoms with Crippen LogP contribution in [0.25, 0.3) is 0 Å². The number of aromatic nitrogens is 2. The van der Waals surface area contributed by atoms with Crippen molar-refractivity contribution < 1.29 is 9.59 Å². The molecule has 0 saturated carbocycles. The number of carbonyl (C=O) groups excluding carboxylic acids is 2. The Labute approximate surface area is 152 Å². The normalized spacial score (nSPS) is 11.2. The Kier molecular flexibility index (Phi) is 6.25.